The van der Waals surface area contributed by atoms with Crippen molar-refractivity contribution in [3.63, 3.8) is 0 Å². The molecule has 0 saturated carbocycles. The summed E-state index contributed by atoms with van der Waals surface area (Å²) in [4.78, 5) is 2.53. The van der Waals surface area contributed by atoms with E-state index in [-0.39, 0.29) is 5.54 Å². The standard InChI is InChI=1S/C15H22N2O/c16-11-15(8-10-18-12-15)17-9-4-3-6-13-5-1-2-7-14(13)17/h1-2,5,7H,3-4,6,8-12,16H2. The molecule has 3 heteroatoms. The monoisotopic (exact) mass is 246 g/mol. The van der Waals surface area contributed by atoms with E-state index in [1.54, 1.807) is 0 Å². The van der Waals surface area contributed by atoms with Crippen LogP contribution in [0, 0.1) is 0 Å². The van der Waals surface area contributed by atoms with Gasteiger partial charge in [-0.25, -0.2) is 0 Å². The highest BCUT2D eigenvalue weighted by molar-refractivity contribution is 5.57. The zero-order valence-corrected chi connectivity index (χ0v) is 10.9. The van der Waals surface area contributed by atoms with E-state index in [9.17, 15) is 0 Å². The third kappa shape index (κ3) is 1.91. The molecule has 98 valence electrons. The number of aryl methyl sites for hydroxylation is 1. The van der Waals surface area contributed by atoms with Crippen molar-refractivity contribution in [1.82, 2.24) is 0 Å². The lowest BCUT2D eigenvalue weighted by molar-refractivity contribution is 0.176. The molecule has 1 saturated heterocycles. The Balaban J connectivity index is 2.00. The lowest BCUT2D eigenvalue weighted by atomic mass is 9.94. The Labute approximate surface area is 109 Å². The number of nitrogens with zero attached hydrogens (tertiary/aromatic N) is 1. The predicted molar refractivity (Wildman–Crippen MR) is 73.9 cm³/mol. The Morgan fingerprint density at radius 3 is 2.94 bits per heavy atom. The van der Waals surface area contributed by atoms with Crippen LogP contribution in [0.2, 0.25) is 0 Å². The lowest BCUT2D eigenvalue weighted by Crippen LogP contribution is -2.55. The van der Waals surface area contributed by atoms with Crippen LogP contribution < -0.4 is 10.6 Å². The van der Waals surface area contributed by atoms with Gasteiger partial charge < -0.3 is 15.4 Å². The van der Waals surface area contributed by atoms with Crippen molar-refractivity contribution in [2.75, 3.05) is 31.2 Å². The van der Waals surface area contributed by atoms with E-state index >= 15 is 0 Å². The molecule has 1 unspecified atom stereocenters. The van der Waals surface area contributed by atoms with Crippen LogP contribution in [0.25, 0.3) is 0 Å². The summed E-state index contributed by atoms with van der Waals surface area (Å²) >= 11 is 0. The third-order valence-corrected chi connectivity index (χ3v) is 4.40. The highest BCUT2D eigenvalue weighted by Crippen LogP contribution is 2.35. The van der Waals surface area contributed by atoms with E-state index in [1.165, 1.54) is 30.5 Å². The number of ether oxygens (including phenoxy) is 1. The molecule has 0 aromatic heterocycles. The molecule has 0 amide bonds. The van der Waals surface area contributed by atoms with Gasteiger partial charge in [-0.2, -0.15) is 0 Å². The number of anilines is 1. The van der Waals surface area contributed by atoms with Crippen molar-refractivity contribution in [3.05, 3.63) is 29.8 Å². The molecule has 1 fully saturated rings. The molecule has 0 spiro atoms. The Bertz CT molecular complexity index is 413. The molecule has 1 aromatic carbocycles. The zero-order valence-electron chi connectivity index (χ0n) is 10.9. The van der Waals surface area contributed by atoms with Gasteiger partial charge in [0.25, 0.3) is 0 Å². The van der Waals surface area contributed by atoms with Crippen molar-refractivity contribution < 1.29 is 4.74 Å². The molecule has 1 aromatic rings. The van der Waals surface area contributed by atoms with E-state index in [1.807, 2.05) is 0 Å². The molecule has 0 bridgehead atoms. The number of para-hydroxylation sites is 1. The molecule has 1 atom stereocenters. The first kappa shape index (κ1) is 12.0. The van der Waals surface area contributed by atoms with Crippen LogP contribution in [0.15, 0.2) is 24.3 Å². The number of hydrogen-bond acceptors (Lipinski definition) is 3. The first-order valence-electron chi connectivity index (χ1n) is 6.99. The average molecular weight is 246 g/mol. The summed E-state index contributed by atoms with van der Waals surface area (Å²) in [6.07, 6.45) is 4.76. The van der Waals surface area contributed by atoms with Gasteiger partial charge in [0.15, 0.2) is 0 Å². The van der Waals surface area contributed by atoms with Crippen molar-refractivity contribution >= 4 is 5.69 Å². The summed E-state index contributed by atoms with van der Waals surface area (Å²) in [5, 5.41) is 0. The molecule has 3 rings (SSSR count). The summed E-state index contributed by atoms with van der Waals surface area (Å²) in [7, 11) is 0. The Kier molecular flexibility index (Phi) is 3.27. The molecule has 2 aliphatic rings. The molecule has 0 aliphatic carbocycles. The van der Waals surface area contributed by atoms with Gasteiger partial charge in [0.2, 0.25) is 0 Å². The van der Waals surface area contributed by atoms with Crippen LogP contribution in [0.5, 0.6) is 0 Å². The van der Waals surface area contributed by atoms with Gasteiger partial charge in [-0.3, -0.25) is 0 Å². The fourth-order valence-corrected chi connectivity index (χ4v) is 3.26. The summed E-state index contributed by atoms with van der Waals surface area (Å²) < 4.78 is 5.64. The van der Waals surface area contributed by atoms with Gasteiger partial charge in [0.1, 0.15) is 0 Å². The average Bonchev–Trinajstić information content (AvgIpc) is 2.80. The second kappa shape index (κ2) is 4.90. The number of rotatable bonds is 2. The summed E-state index contributed by atoms with van der Waals surface area (Å²) in [5.74, 6) is 0. The highest BCUT2D eigenvalue weighted by atomic mass is 16.5. The van der Waals surface area contributed by atoms with E-state index < -0.39 is 0 Å². The molecule has 0 radical (unpaired) electrons. The van der Waals surface area contributed by atoms with E-state index in [0.717, 1.165) is 26.2 Å². The number of benzene rings is 1. The van der Waals surface area contributed by atoms with Gasteiger partial charge in [-0.05, 0) is 37.3 Å². The third-order valence-electron chi connectivity index (χ3n) is 4.40. The second-order valence-electron chi connectivity index (χ2n) is 5.47. The van der Waals surface area contributed by atoms with E-state index in [4.69, 9.17) is 10.5 Å². The lowest BCUT2D eigenvalue weighted by Gasteiger charge is -2.41. The van der Waals surface area contributed by atoms with Crippen LogP contribution in [-0.4, -0.2) is 31.8 Å². The Hall–Kier alpha value is -1.06. The topological polar surface area (TPSA) is 38.5 Å². The van der Waals surface area contributed by atoms with Gasteiger partial charge in [0, 0.05) is 25.4 Å². The van der Waals surface area contributed by atoms with Gasteiger partial charge in [-0.15, -0.1) is 0 Å². The van der Waals surface area contributed by atoms with E-state index in [2.05, 4.69) is 29.2 Å². The smallest absolute Gasteiger partial charge is 0.0778 e. The van der Waals surface area contributed by atoms with Crippen LogP contribution >= 0.6 is 0 Å². The van der Waals surface area contributed by atoms with Gasteiger partial charge in [0.05, 0.1) is 12.1 Å². The second-order valence-corrected chi connectivity index (χ2v) is 5.47. The molecule has 3 nitrogen and oxygen atoms in total. The van der Waals surface area contributed by atoms with Gasteiger partial charge in [-0.1, -0.05) is 18.2 Å². The summed E-state index contributed by atoms with van der Waals surface area (Å²) in [6, 6.07) is 8.78. The van der Waals surface area contributed by atoms with Crippen molar-refractivity contribution in [1.29, 1.82) is 0 Å². The summed E-state index contributed by atoms with van der Waals surface area (Å²) in [5.41, 5.74) is 8.96. The minimum atomic E-state index is 0.0282. The zero-order chi connectivity index (χ0) is 12.4. The summed E-state index contributed by atoms with van der Waals surface area (Å²) in [6.45, 7) is 3.41. The quantitative estimate of drug-likeness (QED) is 0.867. The molecule has 2 N–H and O–H groups in total. The van der Waals surface area contributed by atoms with Crippen molar-refractivity contribution in [2.24, 2.45) is 5.73 Å². The van der Waals surface area contributed by atoms with Crippen LogP contribution in [-0.2, 0) is 11.2 Å². The minimum absolute atomic E-state index is 0.0282. The first-order chi connectivity index (χ1) is 8.86. The van der Waals surface area contributed by atoms with E-state index in [0.29, 0.717) is 6.54 Å². The molecule has 18 heavy (non-hydrogen) atoms. The normalized spacial score (nSPS) is 27.9. The first-order valence-corrected chi connectivity index (χ1v) is 6.99. The van der Waals surface area contributed by atoms with Crippen molar-refractivity contribution in [3.8, 4) is 0 Å². The van der Waals surface area contributed by atoms with Crippen LogP contribution in [0.4, 0.5) is 5.69 Å². The number of nitrogens with two attached hydrogens (primary N) is 1. The fourth-order valence-electron chi connectivity index (χ4n) is 3.26. The predicted octanol–water partition coefficient (Wildman–Crippen LogP) is 1.95. The molecular formula is C15H22N2O. The van der Waals surface area contributed by atoms with Gasteiger partial charge >= 0.3 is 0 Å². The van der Waals surface area contributed by atoms with Crippen molar-refractivity contribution in [2.45, 2.75) is 31.2 Å². The maximum atomic E-state index is 6.09. The molecule has 2 aliphatic heterocycles. The Morgan fingerprint density at radius 2 is 2.17 bits per heavy atom. The highest BCUT2D eigenvalue weighted by Gasteiger charge is 2.40. The fraction of sp³-hybridized carbons (Fsp3) is 0.600. The molecule has 2 heterocycles. The maximum Gasteiger partial charge on any atom is 0.0778 e. The largest absolute Gasteiger partial charge is 0.379 e. The minimum Gasteiger partial charge on any atom is -0.379 e. The number of fused-ring (bicyclic) bond motifs is 1. The maximum absolute atomic E-state index is 6.09. The van der Waals surface area contributed by atoms with Crippen LogP contribution in [0.1, 0.15) is 24.8 Å². The molecular weight excluding hydrogens is 224 g/mol. The Morgan fingerprint density at radius 1 is 1.28 bits per heavy atom. The van der Waals surface area contributed by atoms with Crippen LogP contribution in [0.3, 0.4) is 0 Å². The SMILES string of the molecule is NCC1(N2CCCCc3ccccc32)CCOC1. The number of hydrogen-bond donors (Lipinski definition) is 1.